The Kier molecular flexibility index (Phi) is 3.79. The van der Waals surface area contributed by atoms with Crippen molar-refractivity contribution in [3.8, 4) is 5.75 Å². The van der Waals surface area contributed by atoms with E-state index in [-0.39, 0.29) is 6.61 Å². The van der Waals surface area contributed by atoms with E-state index in [4.69, 9.17) is 15.6 Å². The van der Waals surface area contributed by atoms with Gasteiger partial charge in [-0.3, -0.25) is 0 Å². The van der Waals surface area contributed by atoms with Crippen molar-refractivity contribution in [2.45, 2.75) is 19.4 Å². The summed E-state index contributed by atoms with van der Waals surface area (Å²) >= 11 is 0. The highest BCUT2D eigenvalue weighted by molar-refractivity contribution is 5.34. The van der Waals surface area contributed by atoms with Crippen LogP contribution in [0.25, 0.3) is 0 Å². The highest BCUT2D eigenvalue weighted by atomic mass is 16.5. The molecule has 0 bridgehead atoms. The molecule has 0 radical (unpaired) electrons. The van der Waals surface area contributed by atoms with Gasteiger partial charge in [0.05, 0.1) is 25.5 Å². The number of aliphatic hydroxyl groups excluding tert-OH is 1. The fourth-order valence-electron chi connectivity index (χ4n) is 1.25. The van der Waals surface area contributed by atoms with Crippen LogP contribution in [0.15, 0.2) is 6.33 Å². The molecule has 0 aromatic carbocycles. The molecule has 1 aromatic rings. The minimum absolute atomic E-state index is 0.156. The van der Waals surface area contributed by atoms with Crippen molar-refractivity contribution in [2.75, 3.05) is 13.7 Å². The van der Waals surface area contributed by atoms with E-state index in [1.54, 1.807) is 7.11 Å². The molecule has 1 aromatic heterocycles. The van der Waals surface area contributed by atoms with Gasteiger partial charge in [-0.2, -0.15) is 0 Å². The Bertz CT molecular complexity index is 304. The van der Waals surface area contributed by atoms with Crippen LogP contribution in [-0.4, -0.2) is 28.8 Å². The molecule has 5 nitrogen and oxygen atoms in total. The predicted octanol–water partition coefficient (Wildman–Crippen LogP) is 0.0397. The third-order valence-electron chi connectivity index (χ3n) is 1.99. The Balaban J connectivity index is 3.14. The van der Waals surface area contributed by atoms with Gasteiger partial charge in [-0.05, 0) is 6.42 Å². The second-order valence-electron chi connectivity index (χ2n) is 2.88. The maximum Gasteiger partial charge on any atom is 0.163 e. The molecule has 0 saturated carbocycles. The molecular formula is C9H15N3O2. The van der Waals surface area contributed by atoms with Crippen molar-refractivity contribution in [2.24, 2.45) is 5.73 Å². The van der Waals surface area contributed by atoms with Crippen LogP contribution in [0.2, 0.25) is 0 Å². The minimum atomic E-state index is -0.516. The van der Waals surface area contributed by atoms with Gasteiger partial charge in [-0.1, -0.05) is 6.92 Å². The van der Waals surface area contributed by atoms with Crippen molar-refractivity contribution in [1.29, 1.82) is 0 Å². The third kappa shape index (κ3) is 2.00. The molecule has 0 amide bonds. The van der Waals surface area contributed by atoms with Crippen LogP contribution < -0.4 is 10.5 Å². The predicted molar refractivity (Wildman–Crippen MR) is 52.0 cm³/mol. The first-order valence-electron chi connectivity index (χ1n) is 4.48. The van der Waals surface area contributed by atoms with Crippen LogP contribution in [0.3, 0.4) is 0 Å². The lowest BCUT2D eigenvalue weighted by molar-refractivity contribution is 0.261. The number of hydrogen-bond donors (Lipinski definition) is 2. The SMILES string of the molecule is CCc1ncnc(C(N)CO)c1OC. The van der Waals surface area contributed by atoms with Gasteiger partial charge in [0.1, 0.15) is 12.0 Å². The zero-order valence-electron chi connectivity index (χ0n) is 8.40. The second kappa shape index (κ2) is 4.88. The van der Waals surface area contributed by atoms with Crippen LogP contribution in [-0.2, 0) is 6.42 Å². The summed E-state index contributed by atoms with van der Waals surface area (Å²) < 4.78 is 5.17. The average Bonchev–Trinajstić information content (AvgIpc) is 2.26. The topological polar surface area (TPSA) is 81.3 Å². The molecule has 0 spiro atoms. The van der Waals surface area contributed by atoms with Gasteiger partial charge in [0, 0.05) is 0 Å². The first kappa shape index (κ1) is 10.9. The molecule has 1 rings (SSSR count). The van der Waals surface area contributed by atoms with Crippen molar-refractivity contribution in [3.05, 3.63) is 17.7 Å². The van der Waals surface area contributed by atoms with Gasteiger partial charge >= 0.3 is 0 Å². The zero-order valence-corrected chi connectivity index (χ0v) is 8.40. The first-order valence-corrected chi connectivity index (χ1v) is 4.48. The number of aromatic nitrogens is 2. The summed E-state index contributed by atoms with van der Waals surface area (Å²) in [6.45, 7) is 1.82. The normalized spacial score (nSPS) is 12.6. The van der Waals surface area contributed by atoms with E-state index < -0.39 is 6.04 Å². The number of nitrogens with two attached hydrogens (primary N) is 1. The fourth-order valence-corrected chi connectivity index (χ4v) is 1.25. The number of nitrogens with zero attached hydrogens (tertiary/aromatic N) is 2. The molecule has 1 heterocycles. The van der Waals surface area contributed by atoms with Crippen LogP contribution in [0.4, 0.5) is 0 Å². The second-order valence-corrected chi connectivity index (χ2v) is 2.88. The zero-order chi connectivity index (χ0) is 10.6. The molecule has 1 unspecified atom stereocenters. The van der Waals surface area contributed by atoms with Crippen LogP contribution >= 0.6 is 0 Å². The summed E-state index contributed by atoms with van der Waals surface area (Å²) in [6, 6.07) is -0.516. The summed E-state index contributed by atoms with van der Waals surface area (Å²) in [5.74, 6) is 0.580. The summed E-state index contributed by atoms with van der Waals surface area (Å²) in [4.78, 5) is 8.08. The van der Waals surface area contributed by atoms with Crippen LogP contribution in [0.5, 0.6) is 5.75 Å². The summed E-state index contributed by atoms with van der Waals surface area (Å²) in [7, 11) is 1.55. The van der Waals surface area contributed by atoms with E-state index in [2.05, 4.69) is 9.97 Å². The Morgan fingerprint density at radius 1 is 1.57 bits per heavy atom. The maximum absolute atomic E-state index is 8.93. The van der Waals surface area contributed by atoms with Crippen molar-refractivity contribution in [3.63, 3.8) is 0 Å². The molecular weight excluding hydrogens is 182 g/mol. The lowest BCUT2D eigenvalue weighted by Gasteiger charge is -2.13. The highest BCUT2D eigenvalue weighted by Crippen LogP contribution is 2.24. The maximum atomic E-state index is 8.93. The lowest BCUT2D eigenvalue weighted by atomic mass is 10.1. The molecule has 0 aliphatic carbocycles. The van der Waals surface area contributed by atoms with Crippen molar-refractivity contribution in [1.82, 2.24) is 9.97 Å². The van der Waals surface area contributed by atoms with Crippen molar-refractivity contribution < 1.29 is 9.84 Å². The smallest absolute Gasteiger partial charge is 0.163 e. The number of ether oxygens (including phenoxy) is 1. The fraction of sp³-hybridized carbons (Fsp3) is 0.556. The van der Waals surface area contributed by atoms with Gasteiger partial charge in [0.25, 0.3) is 0 Å². The van der Waals surface area contributed by atoms with E-state index in [0.29, 0.717) is 11.4 Å². The summed E-state index contributed by atoms with van der Waals surface area (Å²) in [5.41, 5.74) is 7.04. The Morgan fingerprint density at radius 2 is 2.29 bits per heavy atom. The molecule has 3 N–H and O–H groups in total. The van der Waals surface area contributed by atoms with Gasteiger partial charge in [-0.15, -0.1) is 0 Å². The monoisotopic (exact) mass is 197 g/mol. The van der Waals surface area contributed by atoms with E-state index in [0.717, 1.165) is 12.1 Å². The molecule has 0 fully saturated rings. The van der Waals surface area contributed by atoms with Gasteiger partial charge in [0.2, 0.25) is 0 Å². The Morgan fingerprint density at radius 3 is 2.79 bits per heavy atom. The lowest BCUT2D eigenvalue weighted by Crippen LogP contribution is -2.18. The standard InChI is InChI=1S/C9H15N3O2/c1-3-7-9(14-2)8(6(10)4-13)12-5-11-7/h5-6,13H,3-4,10H2,1-2H3. The number of aliphatic hydroxyl groups is 1. The molecule has 1 atom stereocenters. The third-order valence-corrected chi connectivity index (χ3v) is 1.99. The molecule has 5 heteroatoms. The molecule has 14 heavy (non-hydrogen) atoms. The largest absolute Gasteiger partial charge is 0.493 e. The van der Waals surface area contributed by atoms with E-state index in [1.807, 2.05) is 6.92 Å². The number of hydrogen-bond acceptors (Lipinski definition) is 5. The number of methoxy groups -OCH3 is 1. The van der Waals surface area contributed by atoms with Gasteiger partial charge in [-0.25, -0.2) is 9.97 Å². The summed E-state index contributed by atoms with van der Waals surface area (Å²) in [5, 5.41) is 8.93. The molecule has 0 saturated heterocycles. The quantitative estimate of drug-likeness (QED) is 0.712. The van der Waals surface area contributed by atoms with E-state index >= 15 is 0 Å². The van der Waals surface area contributed by atoms with Crippen LogP contribution in [0.1, 0.15) is 24.4 Å². The number of rotatable bonds is 4. The Hall–Kier alpha value is -1.20. The molecule has 0 aliphatic heterocycles. The van der Waals surface area contributed by atoms with E-state index in [1.165, 1.54) is 6.33 Å². The molecule has 78 valence electrons. The minimum Gasteiger partial charge on any atom is -0.493 e. The highest BCUT2D eigenvalue weighted by Gasteiger charge is 2.16. The van der Waals surface area contributed by atoms with Crippen molar-refractivity contribution >= 4 is 0 Å². The average molecular weight is 197 g/mol. The summed E-state index contributed by atoms with van der Waals surface area (Å²) in [6.07, 6.45) is 2.18. The van der Waals surface area contributed by atoms with Gasteiger partial charge in [0.15, 0.2) is 5.75 Å². The first-order chi connectivity index (χ1) is 6.74. The van der Waals surface area contributed by atoms with Crippen LogP contribution in [0, 0.1) is 0 Å². The number of aryl methyl sites for hydroxylation is 1. The van der Waals surface area contributed by atoms with Gasteiger partial charge < -0.3 is 15.6 Å². The Labute approximate surface area is 82.9 Å². The molecule has 0 aliphatic rings. The van der Waals surface area contributed by atoms with E-state index in [9.17, 15) is 0 Å².